The Kier molecular flexibility index (Phi) is 6.69. The molecule has 1 atom stereocenters. The molecule has 0 spiro atoms. The summed E-state index contributed by atoms with van der Waals surface area (Å²) in [4.78, 5) is 37.7. The molecule has 156 valence electrons. The van der Waals surface area contributed by atoms with Crippen molar-refractivity contribution in [2.45, 2.75) is 19.6 Å². The summed E-state index contributed by atoms with van der Waals surface area (Å²) in [5, 5.41) is 9.32. The number of hydrogen-bond donors (Lipinski definition) is 1. The Bertz CT molecular complexity index is 1020. The van der Waals surface area contributed by atoms with Gasteiger partial charge in [0.2, 0.25) is 0 Å². The van der Waals surface area contributed by atoms with Gasteiger partial charge in [0.05, 0.1) is 18.6 Å². The van der Waals surface area contributed by atoms with E-state index in [0.29, 0.717) is 16.3 Å². The SMILES string of the molecule is COc1cccc(/C=C2\SC(=O)N(Cc3ccc(Cl)cc3)C2=O)c1O[C@@H](C)C(=O)O. The van der Waals surface area contributed by atoms with Crippen LogP contribution in [0.5, 0.6) is 11.5 Å². The van der Waals surface area contributed by atoms with Gasteiger partial charge in [-0.15, -0.1) is 0 Å². The lowest BCUT2D eigenvalue weighted by Crippen LogP contribution is -2.27. The number of carbonyl (C=O) groups excluding carboxylic acids is 2. The first-order valence-corrected chi connectivity index (χ1v) is 10.1. The zero-order valence-electron chi connectivity index (χ0n) is 16.1. The molecule has 2 aromatic rings. The lowest BCUT2D eigenvalue weighted by atomic mass is 10.1. The summed E-state index contributed by atoms with van der Waals surface area (Å²) in [6.45, 7) is 1.51. The van der Waals surface area contributed by atoms with Crippen molar-refractivity contribution in [2.24, 2.45) is 0 Å². The van der Waals surface area contributed by atoms with Crippen LogP contribution in [-0.4, -0.2) is 40.3 Å². The summed E-state index contributed by atoms with van der Waals surface area (Å²) in [7, 11) is 1.43. The zero-order valence-corrected chi connectivity index (χ0v) is 17.7. The Morgan fingerprint density at radius 1 is 1.23 bits per heavy atom. The molecule has 2 aromatic carbocycles. The molecular weight excluding hydrogens is 430 g/mol. The predicted molar refractivity (Wildman–Crippen MR) is 114 cm³/mol. The third-order valence-corrected chi connectivity index (χ3v) is 5.45. The van der Waals surface area contributed by atoms with E-state index in [1.807, 2.05) is 0 Å². The smallest absolute Gasteiger partial charge is 0.344 e. The first kappa shape index (κ1) is 21.7. The number of methoxy groups -OCH3 is 1. The Morgan fingerprint density at radius 2 is 1.93 bits per heavy atom. The van der Waals surface area contributed by atoms with Crippen LogP contribution in [0, 0.1) is 0 Å². The van der Waals surface area contributed by atoms with Crippen LogP contribution >= 0.6 is 23.4 Å². The maximum atomic E-state index is 12.8. The third-order valence-electron chi connectivity index (χ3n) is 4.29. The second-order valence-corrected chi connectivity index (χ2v) is 7.80. The number of nitrogens with zero attached hydrogens (tertiary/aromatic N) is 1. The summed E-state index contributed by atoms with van der Waals surface area (Å²) < 4.78 is 10.8. The van der Waals surface area contributed by atoms with Crippen LogP contribution in [0.15, 0.2) is 47.4 Å². The van der Waals surface area contributed by atoms with E-state index in [-0.39, 0.29) is 17.2 Å². The minimum absolute atomic E-state index is 0.122. The number of para-hydroxylation sites is 1. The van der Waals surface area contributed by atoms with E-state index in [2.05, 4.69) is 0 Å². The first-order valence-electron chi connectivity index (χ1n) is 8.86. The van der Waals surface area contributed by atoms with Gasteiger partial charge in [-0.05, 0) is 48.5 Å². The van der Waals surface area contributed by atoms with Crippen LogP contribution in [-0.2, 0) is 16.1 Å². The van der Waals surface area contributed by atoms with Crippen LogP contribution in [0.25, 0.3) is 6.08 Å². The number of ether oxygens (including phenoxy) is 2. The quantitative estimate of drug-likeness (QED) is 0.627. The van der Waals surface area contributed by atoms with E-state index >= 15 is 0 Å². The zero-order chi connectivity index (χ0) is 21.8. The van der Waals surface area contributed by atoms with Gasteiger partial charge in [0.25, 0.3) is 11.1 Å². The first-order chi connectivity index (χ1) is 14.3. The summed E-state index contributed by atoms with van der Waals surface area (Å²) in [6.07, 6.45) is 0.368. The Labute approximate surface area is 182 Å². The van der Waals surface area contributed by atoms with Crippen molar-refractivity contribution in [3.05, 3.63) is 63.5 Å². The minimum atomic E-state index is -1.14. The monoisotopic (exact) mass is 447 g/mol. The number of aliphatic carboxylic acids is 1. The van der Waals surface area contributed by atoms with Crippen LogP contribution in [0.2, 0.25) is 5.02 Å². The third kappa shape index (κ3) is 4.77. The number of carboxylic acids is 1. The van der Waals surface area contributed by atoms with Crippen molar-refractivity contribution >= 4 is 46.6 Å². The Morgan fingerprint density at radius 3 is 2.57 bits per heavy atom. The molecule has 1 aliphatic rings. The van der Waals surface area contributed by atoms with Crippen LogP contribution in [0.3, 0.4) is 0 Å². The highest BCUT2D eigenvalue weighted by Gasteiger charge is 2.35. The molecule has 1 aliphatic heterocycles. The number of rotatable bonds is 7. The predicted octanol–water partition coefficient (Wildman–Crippen LogP) is 4.44. The van der Waals surface area contributed by atoms with E-state index in [1.165, 1.54) is 20.1 Å². The molecule has 3 rings (SSSR count). The lowest BCUT2D eigenvalue weighted by molar-refractivity contribution is -0.144. The van der Waals surface area contributed by atoms with Crippen molar-refractivity contribution in [1.82, 2.24) is 4.90 Å². The number of hydrogen-bond acceptors (Lipinski definition) is 6. The normalized spacial score (nSPS) is 16.1. The molecule has 0 aliphatic carbocycles. The number of amides is 2. The van der Waals surface area contributed by atoms with Gasteiger partial charge in [-0.3, -0.25) is 14.5 Å². The molecule has 9 heteroatoms. The number of carboxylic acid groups (broad SMARTS) is 1. The molecule has 0 bridgehead atoms. The fraction of sp³-hybridized carbons (Fsp3) is 0.190. The van der Waals surface area contributed by atoms with Crippen molar-refractivity contribution in [2.75, 3.05) is 7.11 Å². The number of benzene rings is 2. The van der Waals surface area contributed by atoms with Crippen molar-refractivity contribution in [1.29, 1.82) is 0 Å². The van der Waals surface area contributed by atoms with Gasteiger partial charge in [0, 0.05) is 10.6 Å². The number of halogens is 1. The van der Waals surface area contributed by atoms with E-state index in [4.69, 9.17) is 26.2 Å². The molecule has 0 unspecified atom stereocenters. The summed E-state index contributed by atoms with van der Waals surface area (Å²) >= 11 is 6.68. The number of carbonyl (C=O) groups is 3. The highest BCUT2D eigenvalue weighted by atomic mass is 35.5. The Balaban J connectivity index is 1.89. The second kappa shape index (κ2) is 9.23. The van der Waals surface area contributed by atoms with Gasteiger partial charge in [0.1, 0.15) is 0 Å². The number of thioether (sulfide) groups is 1. The molecule has 0 saturated carbocycles. The highest BCUT2D eigenvalue weighted by Crippen LogP contribution is 2.38. The van der Waals surface area contributed by atoms with E-state index < -0.39 is 23.2 Å². The van der Waals surface area contributed by atoms with E-state index in [1.54, 1.807) is 42.5 Å². The summed E-state index contributed by atoms with van der Waals surface area (Å²) in [5.74, 6) is -1.09. The van der Waals surface area contributed by atoms with Gasteiger partial charge in [-0.25, -0.2) is 4.79 Å². The van der Waals surface area contributed by atoms with E-state index in [9.17, 15) is 14.4 Å². The van der Waals surface area contributed by atoms with Gasteiger partial charge in [0.15, 0.2) is 17.6 Å². The average Bonchev–Trinajstić information content (AvgIpc) is 2.98. The summed E-state index contributed by atoms with van der Waals surface area (Å²) in [6, 6.07) is 11.8. The second-order valence-electron chi connectivity index (χ2n) is 6.37. The van der Waals surface area contributed by atoms with Gasteiger partial charge < -0.3 is 14.6 Å². The van der Waals surface area contributed by atoms with Crippen LogP contribution in [0.1, 0.15) is 18.1 Å². The molecule has 0 aromatic heterocycles. The molecule has 1 saturated heterocycles. The van der Waals surface area contributed by atoms with E-state index in [0.717, 1.165) is 22.2 Å². The van der Waals surface area contributed by atoms with Crippen molar-refractivity contribution in [3.63, 3.8) is 0 Å². The maximum absolute atomic E-state index is 12.8. The molecule has 1 heterocycles. The molecule has 30 heavy (non-hydrogen) atoms. The van der Waals surface area contributed by atoms with Crippen molar-refractivity contribution < 1.29 is 29.0 Å². The molecule has 2 amide bonds. The van der Waals surface area contributed by atoms with Gasteiger partial charge in [-0.1, -0.05) is 35.9 Å². The van der Waals surface area contributed by atoms with Gasteiger partial charge in [-0.2, -0.15) is 0 Å². The molecule has 1 N–H and O–H groups in total. The molecule has 0 radical (unpaired) electrons. The van der Waals surface area contributed by atoms with Crippen molar-refractivity contribution in [3.8, 4) is 11.5 Å². The summed E-state index contributed by atoms with van der Waals surface area (Å²) in [5.41, 5.74) is 1.20. The highest BCUT2D eigenvalue weighted by molar-refractivity contribution is 8.18. The molecule has 7 nitrogen and oxygen atoms in total. The fourth-order valence-electron chi connectivity index (χ4n) is 2.71. The molecular formula is C21H18ClNO6S. The standard InChI is InChI=1S/C21H18ClNO6S/c1-12(20(25)26)29-18-14(4-3-5-16(18)28-2)10-17-19(24)23(21(27)30-17)11-13-6-8-15(22)9-7-13/h3-10,12H,11H2,1-2H3,(H,25,26)/b17-10-/t12-/m0/s1. The largest absolute Gasteiger partial charge is 0.493 e. The maximum Gasteiger partial charge on any atom is 0.344 e. The minimum Gasteiger partial charge on any atom is -0.493 e. The average molecular weight is 448 g/mol. The molecule has 1 fully saturated rings. The van der Waals surface area contributed by atoms with Crippen LogP contribution in [0.4, 0.5) is 4.79 Å². The Hall–Kier alpha value is -2.97. The van der Waals surface area contributed by atoms with Crippen LogP contribution < -0.4 is 9.47 Å². The lowest BCUT2D eigenvalue weighted by Gasteiger charge is -2.16. The topological polar surface area (TPSA) is 93.1 Å². The fourth-order valence-corrected chi connectivity index (χ4v) is 3.67. The number of imide groups is 1. The van der Waals surface area contributed by atoms with Gasteiger partial charge >= 0.3 is 5.97 Å².